The Bertz CT molecular complexity index is 483. The van der Waals surface area contributed by atoms with Crippen LogP contribution in [0.1, 0.15) is 18.1 Å². The van der Waals surface area contributed by atoms with Gasteiger partial charge >= 0.3 is 0 Å². The highest BCUT2D eigenvalue weighted by molar-refractivity contribution is 5.86. The molecule has 0 aliphatic rings. The van der Waals surface area contributed by atoms with Gasteiger partial charge in [-0.1, -0.05) is 24.3 Å². The number of hydrogen-bond acceptors (Lipinski definition) is 3. The number of carbonyl (C=O) groups excluding carboxylic acids is 1. The van der Waals surface area contributed by atoms with Crippen molar-refractivity contribution < 1.29 is 9.53 Å². The van der Waals surface area contributed by atoms with E-state index in [1.165, 1.54) is 0 Å². The van der Waals surface area contributed by atoms with Gasteiger partial charge in [-0.25, -0.2) is 4.99 Å². The molecule has 0 aliphatic heterocycles. The van der Waals surface area contributed by atoms with Gasteiger partial charge in [0.05, 0.1) is 19.7 Å². The molecule has 22 heavy (non-hydrogen) atoms. The van der Waals surface area contributed by atoms with E-state index in [-0.39, 0.29) is 12.5 Å². The molecule has 0 aliphatic carbocycles. The molecule has 0 fully saturated rings. The van der Waals surface area contributed by atoms with Gasteiger partial charge in [0, 0.05) is 27.7 Å². The number of likely N-dealkylation sites (N-methyl/N-ethyl adjacent to an activating group) is 1. The van der Waals surface area contributed by atoms with Crippen molar-refractivity contribution in [1.82, 2.24) is 15.5 Å². The number of amides is 1. The third kappa shape index (κ3) is 6.58. The number of hydrogen-bond donors (Lipinski definition) is 2. The van der Waals surface area contributed by atoms with E-state index in [9.17, 15) is 4.79 Å². The molecule has 0 radical (unpaired) electrons. The van der Waals surface area contributed by atoms with Crippen LogP contribution in [0.25, 0.3) is 0 Å². The largest absolute Gasteiger partial charge is 0.380 e. The standard InChI is InChI=1S/C16H26N4O2/c1-5-17-16(19-11-15(21)20(2)3)18-10-13-6-8-14(9-7-13)12-22-4/h6-9H,5,10-12H2,1-4H3,(H2,17,18,19). The number of ether oxygens (including phenoxy) is 1. The van der Waals surface area contributed by atoms with Gasteiger partial charge < -0.3 is 20.3 Å². The Kier molecular flexibility index (Phi) is 7.99. The number of guanidine groups is 1. The first-order chi connectivity index (χ1) is 10.6. The summed E-state index contributed by atoms with van der Waals surface area (Å²) < 4.78 is 5.09. The second-order valence-corrected chi connectivity index (χ2v) is 5.09. The fraction of sp³-hybridized carbons (Fsp3) is 0.500. The maximum Gasteiger partial charge on any atom is 0.241 e. The van der Waals surface area contributed by atoms with Crippen LogP contribution < -0.4 is 10.6 Å². The van der Waals surface area contributed by atoms with Crippen LogP contribution in [0.5, 0.6) is 0 Å². The lowest BCUT2D eigenvalue weighted by Gasteiger charge is -2.14. The van der Waals surface area contributed by atoms with Crippen molar-refractivity contribution in [3.05, 3.63) is 35.4 Å². The summed E-state index contributed by atoms with van der Waals surface area (Å²) in [6, 6.07) is 8.13. The Morgan fingerprint density at radius 1 is 1.18 bits per heavy atom. The van der Waals surface area contributed by atoms with Gasteiger partial charge in [0.15, 0.2) is 5.96 Å². The maximum absolute atomic E-state index is 11.6. The summed E-state index contributed by atoms with van der Waals surface area (Å²) in [6.07, 6.45) is 0. The van der Waals surface area contributed by atoms with Crippen molar-refractivity contribution in [1.29, 1.82) is 0 Å². The number of nitrogens with zero attached hydrogens (tertiary/aromatic N) is 2. The number of carbonyl (C=O) groups is 1. The minimum atomic E-state index is 0.00882. The molecule has 122 valence electrons. The maximum atomic E-state index is 11.6. The van der Waals surface area contributed by atoms with Crippen LogP contribution in [0.15, 0.2) is 29.3 Å². The zero-order valence-electron chi connectivity index (χ0n) is 13.8. The third-order valence-corrected chi connectivity index (χ3v) is 3.00. The molecule has 2 N–H and O–H groups in total. The van der Waals surface area contributed by atoms with E-state index >= 15 is 0 Å². The highest BCUT2D eigenvalue weighted by Crippen LogP contribution is 2.06. The van der Waals surface area contributed by atoms with Gasteiger partial charge in [0.2, 0.25) is 5.91 Å². The van der Waals surface area contributed by atoms with Gasteiger partial charge in [-0.05, 0) is 18.1 Å². The minimum absolute atomic E-state index is 0.00882. The molecule has 0 saturated heterocycles. The van der Waals surface area contributed by atoms with E-state index in [1.807, 2.05) is 31.2 Å². The fourth-order valence-electron chi connectivity index (χ4n) is 1.74. The number of benzene rings is 1. The molecule has 6 heteroatoms. The topological polar surface area (TPSA) is 66.0 Å². The molecule has 1 rings (SSSR count). The molecule has 1 aromatic carbocycles. The molecule has 1 aromatic rings. The van der Waals surface area contributed by atoms with Crippen LogP contribution in [0.3, 0.4) is 0 Å². The summed E-state index contributed by atoms with van der Waals surface area (Å²) in [7, 11) is 5.15. The highest BCUT2D eigenvalue weighted by Gasteiger charge is 2.05. The molecule has 0 atom stereocenters. The van der Waals surface area contributed by atoms with Crippen molar-refractivity contribution in [3.8, 4) is 0 Å². The Hall–Kier alpha value is -2.08. The SMILES string of the molecule is CCNC(=NCc1ccc(COC)cc1)NCC(=O)N(C)C. The second-order valence-electron chi connectivity index (χ2n) is 5.09. The number of methoxy groups -OCH3 is 1. The van der Waals surface area contributed by atoms with Crippen LogP contribution >= 0.6 is 0 Å². The van der Waals surface area contributed by atoms with E-state index in [0.717, 1.165) is 17.7 Å². The summed E-state index contributed by atoms with van der Waals surface area (Å²) in [5.74, 6) is 0.646. The van der Waals surface area contributed by atoms with Crippen molar-refractivity contribution in [2.75, 3.05) is 34.3 Å². The van der Waals surface area contributed by atoms with E-state index in [1.54, 1.807) is 26.1 Å². The van der Waals surface area contributed by atoms with Crippen LogP contribution in [-0.2, 0) is 22.7 Å². The van der Waals surface area contributed by atoms with Gasteiger partial charge in [0.25, 0.3) is 0 Å². The molecule has 0 unspecified atom stereocenters. The van der Waals surface area contributed by atoms with Crippen LogP contribution in [0.2, 0.25) is 0 Å². The summed E-state index contributed by atoms with van der Waals surface area (Å²) in [6.45, 7) is 4.13. The average molecular weight is 306 g/mol. The van der Waals surface area contributed by atoms with Crippen LogP contribution in [-0.4, -0.2) is 51.1 Å². The fourth-order valence-corrected chi connectivity index (χ4v) is 1.74. The number of nitrogens with one attached hydrogen (secondary N) is 2. The van der Waals surface area contributed by atoms with E-state index < -0.39 is 0 Å². The molecule has 1 amide bonds. The molecular weight excluding hydrogens is 280 g/mol. The van der Waals surface area contributed by atoms with Gasteiger partial charge in [-0.3, -0.25) is 4.79 Å². The lowest BCUT2D eigenvalue weighted by atomic mass is 10.1. The molecular formula is C16H26N4O2. The first-order valence-corrected chi connectivity index (χ1v) is 7.36. The summed E-state index contributed by atoms with van der Waals surface area (Å²) >= 11 is 0. The van der Waals surface area contributed by atoms with Gasteiger partial charge in [-0.15, -0.1) is 0 Å². The first kappa shape index (κ1) is 18.0. The van der Waals surface area contributed by atoms with Crippen LogP contribution in [0, 0.1) is 0 Å². The highest BCUT2D eigenvalue weighted by atomic mass is 16.5. The average Bonchev–Trinajstić information content (AvgIpc) is 2.51. The lowest BCUT2D eigenvalue weighted by molar-refractivity contribution is -0.127. The molecule has 0 bridgehead atoms. The van der Waals surface area contributed by atoms with Crippen molar-refractivity contribution >= 4 is 11.9 Å². The molecule has 6 nitrogen and oxygen atoms in total. The third-order valence-electron chi connectivity index (χ3n) is 3.00. The van der Waals surface area contributed by atoms with Crippen molar-refractivity contribution in [2.45, 2.75) is 20.1 Å². The number of aliphatic imine (C=N–C) groups is 1. The monoisotopic (exact) mass is 306 g/mol. The van der Waals surface area contributed by atoms with Gasteiger partial charge in [-0.2, -0.15) is 0 Å². The minimum Gasteiger partial charge on any atom is -0.380 e. The molecule has 0 saturated carbocycles. The quantitative estimate of drug-likeness (QED) is 0.582. The Labute approximate surface area is 132 Å². The molecule has 0 spiro atoms. The van der Waals surface area contributed by atoms with E-state index in [0.29, 0.717) is 19.1 Å². The zero-order valence-corrected chi connectivity index (χ0v) is 13.8. The van der Waals surface area contributed by atoms with Crippen LogP contribution in [0.4, 0.5) is 0 Å². The smallest absolute Gasteiger partial charge is 0.241 e. The predicted octanol–water partition coefficient (Wildman–Crippen LogP) is 0.976. The summed E-state index contributed by atoms with van der Waals surface area (Å²) in [5.41, 5.74) is 2.24. The molecule has 0 heterocycles. The summed E-state index contributed by atoms with van der Waals surface area (Å²) in [5, 5.41) is 6.16. The zero-order chi connectivity index (χ0) is 16.4. The second kappa shape index (κ2) is 9.78. The first-order valence-electron chi connectivity index (χ1n) is 7.36. The van der Waals surface area contributed by atoms with E-state index in [2.05, 4.69) is 15.6 Å². The van der Waals surface area contributed by atoms with E-state index in [4.69, 9.17) is 4.74 Å². The Morgan fingerprint density at radius 3 is 2.36 bits per heavy atom. The number of rotatable bonds is 7. The molecule has 0 aromatic heterocycles. The lowest BCUT2D eigenvalue weighted by Crippen LogP contribution is -2.42. The van der Waals surface area contributed by atoms with Crippen molar-refractivity contribution in [2.24, 2.45) is 4.99 Å². The summed E-state index contributed by atoms with van der Waals surface area (Å²) in [4.78, 5) is 17.6. The van der Waals surface area contributed by atoms with Crippen molar-refractivity contribution in [3.63, 3.8) is 0 Å². The Balaban J connectivity index is 2.59. The predicted molar refractivity (Wildman–Crippen MR) is 88.7 cm³/mol. The normalized spacial score (nSPS) is 11.2. The van der Waals surface area contributed by atoms with Gasteiger partial charge in [0.1, 0.15) is 0 Å². The Morgan fingerprint density at radius 2 is 1.82 bits per heavy atom.